The van der Waals surface area contributed by atoms with Crippen molar-refractivity contribution in [2.24, 2.45) is 0 Å². The summed E-state index contributed by atoms with van der Waals surface area (Å²) in [6, 6.07) is 0.350. The Morgan fingerprint density at radius 1 is 1.29 bits per heavy atom. The summed E-state index contributed by atoms with van der Waals surface area (Å²) in [5.41, 5.74) is 0. The van der Waals surface area contributed by atoms with E-state index in [9.17, 15) is 0 Å². The predicted octanol–water partition coefficient (Wildman–Crippen LogP) is 2.56. The Bertz CT molecular complexity index is 415. The van der Waals surface area contributed by atoms with Crippen LogP contribution >= 0.6 is 0 Å². The van der Waals surface area contributed by atoms with E-state index in [2.05, 4.69) is 41.0 Å². The molecule has 0 aliphatic carbocycles. The third-order valence-corrected chi connectivity index (χ3v) is 3.46. The number of aromatic nitrogens is 2. The summed E-state index contributed by atoms with van der Waals surface area (Å²) in [7, 11) is 3.37. The number of hydrogen-bond acceptors (Lipinski definition) is 6. The van der Waals surface area contributed by atoms with Gasteiger partial charge in [-0.05, 0) is 19.8 Å². The minimum atomic E-state index is 0.350. The van der Waals surface area contributed by atoms with Gasteiger partial charge >= 0.3 is 0 Å². The molecule has 0 fully saturated rings. The number of nitrogens with zero attached hydrogens (tertiary/aromatic N) is 3. The highest BCUT2D eigenvalue weighted by Crippen LogP contribution is 2.33. The average Bonchev–Trinajstić information content (AvgIpc) is 2.52. The van der Waals surface area contributed by atoms with Gasteiger partial charge in [-0.1, -0.05) is 13.8 Å². The van der Waals surface area contributed by atoms with Crippen LogP contribution in [0.5, 0.6) is 5.75 Å². The number of hydrogen-bond donors (Lipinski definition) is 1. The highest BCUT2D eigenvalue weighted by atomic mass is 16.5. The summed E-state index contributed by atoms with van der Waals surface area (Å²) in [6.45, 7) is 8.73. The van der Waals surface area contributed by atoms with E-state index in [1.54, 1.807) is 20.5 Å². The van der Waals surface area contributed by atoms with Crippen LogP contribution in [0.2, 0.25) is 0 Å². The number of methoxy groups -OCH3 is 2. The van der Waals surface area contributed by atoms with E-state index in [0.717, 1.165) is 37.6 Å². The largest absolute Gasteiger partial charge is 0.490 e. The van der Waals surface area contributed by atoms with Gasteiger partial charge in [-0.15, -0.1) is 0 Å². The zero-order chi connectivity index (χ0) is 15.7. The summed E-state index contributed by atoms with van der Waals surface area (Å²) in [5, 5.41) is 3.29. The molecule has 1 atom stereocenters. The van der Waals surface area contributed by atoms with Gasteiger partial charge in [-0.2, -0.15) is 0 Å². The van der Waals surface area contributed by atoms with E-state index in [1.165, 1.54) is 0 Å². The van der Waals surface area contributed by atoms with Crippen molar-refractivity contribution in [3.8, 4) is 5.75 Å². The van der Waals surface area contributed by atoms with Crippen LogP contribution < -0.4 is 15.0 Å². The first-order valence-corrected chi connectivity index (χ1v) is 7.57. The Morgan fingerprint density at radius 3 is 2.62 bits per heavy atom. The van der Waals surface area contributed by atoms with Gasteiger partial charge in [0.2, 0.25) is 5.75 Å². The number of ether oxygens (including phenoxy) is 2. The molecule has 0 amide bonds. The monoisotopic (exact) mass is 296 g/mol. The highest BCUT2D eigenvalue weighted by molar-refractivity contribution is 5.65. The van der Waals surface area contributed by atoms with Crippen LogP contribution in [0.25, 0.3) is 0 Å². The average molecular weight is 296 g/mol. The second-order valence-corrected chi connectivity index (χ2v) is 4.95. The zero-order valence-corrected chi connectivity index (χ0v) is 13.8. The van der Waals surface area contributed by atoms with E-state index < -0.39 is 0 Å². The quantitative estimate of drug-likeness (QED) is 0.716. The lowest BCUT2D eigenvalue weighted by Gasteiger charge is -2.30. The molecule has 1 rings (SSSR count). The van der Waals surface area contributed by atoms with Crippen molar-refractivity contribution < 1.29 is 9.47 Å². The van der Waals surface area contributed by atoms with Gasteiger partial charge in [0.05, 0.1) is 13.7 Å². The molecule has 1 heterocycles. The molecule has 0 radical (unpaired) electrons. The fourth-order valence-electron chi connectivity index (χ4n) is 2.07. The topological polar surface area (TPSA) is 59.5 Å². The maximum absolute atomic E-state index is 5.56. The molecule has 21 heavy (non-hydrogen) atoms. The third kappa shape index (κ3) is 4.74. The van der Waals surface area contributed by atoms with Crippen LogP contribution in [0.1, 0.15) is 33.6 Å². The van der Waals surface area contributed by atoms with E-state index in [1.807, 2.05) is 0 Å². The van der Waals surface area contributed by atoms with Gasteiger partial charge in [0, 0.05) is 26.2 Å². The molecule has 0 saturated carbocycles. The van der Waals surface area contributed by atoms with E-state index in [4.69, 9.17) is 9.47 Å². The number of nitrogens with one attached hydrogen (secondary N) is 1. The van der Waals surface area contributed by atoms with Crippen molar-refractivity contribution in [2.45, 2.75) is 39.7 Å². The summed E-state index contributed by atoms with van der Waals surface area (Å²) in [5.74, 6) is 2.26. The second kappa shape index (κ2) is 9.39. The molecular formula is C15H28N4O2. The Kier molecular flexibility index (Phi) is 7.82. The summed E-state index contributed by atoms with van der Waals surface area (Å²) >= 11 is 0. The third-order valence-electron chi connectivity index (χ3n) is 3.46. The van der Waals surface area contributed by atoms with Crippen LogP contribution in [-0.4, -0.2) is 49.9 Å². The van der Waals surface area contributed by atoms with E-state index >= 15 is 0 Å². The maximum Gasteiger partial charge on any atom is 0.204 e. The lowest BCUT2D eigenvalue weighted by molar-refractivity contribution is 0.203. The Balaban J connectivity index is 3.10. The molecule has 1 N–H and O–H groups in total. The van der Waals surface area contributed by atoms with Crippen molar-refractivity contribution in [2.75, 3.05) is 44.1 Å². The van der Waals surface area contributed by atoms with Crippen LogP contribution in [0, 0.1) is 0 Å². The lowest BCUT2D eigenvalue weighted by Crippen LogP contribution is -2.36. The van der Waals surface area contributed by atoms with Gasteiger partial charge in [-0.25, -0.2) is 9.97 Å². The Labute approximate surface area is 127 Å². The van der Waals surface area contributed by atoms with Crippen molar-refractivity contribution in [3.63, 3.8) is 0 Å². The first-order valence-electron chi connectivity index (χ1n) is 7.57. The van der Waals surface area contributed by atoms with Gasteiger partial charge in [0.25, 0.3) is 0 Å². The van der Waals surface area contributed by atoms with Crippen LogP contribution in [0.3, 0.4) is 0 Å². The van der Waals surface area contributed by atoms with Gasteiger partial charge < -0.3 is 19.7 Å². The number of anilines is 2. The molecular weight excluding hydrogens is 268 g/mol. The minimum Gasteiger partial charge on any atom is -0.490 e. The van der Waals surface area contributed by atoms with Crippen molar-refractivity contribution >= 4 is 11.6 Å². The summed E-state index contributed by atoms with van der Waals surface area (Å²) in [6.07, 6.45) is 3.63. The predicted molar refractivity (Wildman–Crippen MR) is 86.3 cm³/mol. The summed E-state index contributed by atoms with van der Waals surface area (Å²) in [4.78, 5) is 10.9. The van der Waals surface area contributed by atoms with Gasteiger partial charge in [-0.3, -0.25) is 0 Å². The molecule has 1 aromatic heterocycles. The Hall–Kier alpha value is -1.56. The molecule has 0 aromatic carbocycles. The highest BCUT2D eigenvalue weighted by Gasteiger charge is 2.21. The zero-order valence-electron chi connectivity index (χ0n) is 13.8. The van der Waals surface area contributed by atoms with Crippen LogP contribution in [-0.2, 0) is 4.74 Å². The van der Waals surface area contributed by atoms with Crippen molar-refractivity contribution in [1.82, 2.24) is 9.97 Å². The first-order chi connectivity index (χ1) is 10.2. The second-order valence-electron chi connectivity index (χ2n) is 4.95. The van der Waals surface area contributed by atoms with Crippen molar-refractivity contribution in [3.05, 3.63) is 6.33 Å². The minimum absolute atomic E-state index is 0.350. The van der Waals surface area contributed by atoms with Crippen LogP contribution in [0.4, 0.5) is 11.6 Å². The van der Waals surface area contributed by atoms with E-state index in [-0.39, 0.29) is 0 Å². The first kappa shape index (κ1) is 17.5. The molecule has 0 saturated heterocycles. The van der Waals surface area contributed by atoms with Gasteiger partial charge in [0.1, 0.15) is 6.33 Å². The number of rotatable bonds is 10. The molecule has 120 valence electrons. The molecule has 0 aliphatic rings. The SMILES string of the molecule is CCCNc1ncnc(N(CCOC)C(C)CC)c1OC. The normalized spacial score (nSPS) is 12.0. The molecule has 6 heteroatoms. The molecule has 1 unspecified atom stereocenters. The van der Waals surface area contributed by atoms with Crippen molar-refractivity contribution in [1.29, 1.82) is 0 Å². The smallest absolute Gasteiger partial charge is 0.204 e. The Morgan fingerprint density at radius 2 is 2.05 bits per heavy atom. The summed E-state index contributed by atoms with van der Waals surface area (Å²) < 4.78 is 10.8. The fourth-order valence-corrected chi connectivity index (χ4v) is 2.07. The molecule has 0 spiro atoms. The standard InChI is InChI=1S/C15H28N4O2/c1-6-8-16-14-13(21-5)15(18-11-17-14)19(9-10-20-4)12(3)7-2/h11-12H,6-10H2,1-5H3,(H,16,17,18). The molecule has 1 aromatic rings. The van der Waals surface area contributed by atoms with Gasteiger partial charge in [0.15, 0.2) is 11.6 Å². The van der Waals surface area contributed by atoms with Crippen LogP contribution in [0.15, 0.2) is 6.33 Å². The maximum atomic E-state index is 5.56. The molecule has 0 bridgehead atoms. The molecule has 0 aliphatic heterocycles. The molecule has 6 nitrogen and oxygen atoms in total. The lowest BCUT2D eigenvalue weighted by atomic mass is 10.2. The fraction of sp³-hybridized carbons (Fsp3) is 0.733. The van der Waals surface area contributed by atoms with E-state index in [0.29, 0.717) is 18.4 Å².